The van der Waals surface area contributed by atoms with E-state index in [0.717, 1.165) is 6.20 Å². The smallest absolute Gasteiger partial charge is 0.358 e. The molecule has 2 aromatic heterocycles. The van der Waals surface area contributed by atoms with E-state index in [1.165, 1.54) is 30.6 Å². The van der Waals surface area contributed by atoms with Crippen LogP contribution in [0.25, 0.3) is 11.1 Å². The van der Waals surface area contributed by atoms with Crippen molar-refractivity contribution in [1.82, 2.24) is 9.97 Å². The second-order valence-electron chi connectivity index (χ2n) is 3.02. The summed E-state index contributed by atoms with van der Waals surface area (Å²) >= 11 is 0. The molecule has 0 saturated heterocycles. The fraction of sp³-hybridized carbons (Fsp3) is 0. The molecule has 2 heterocycles. The molecule has 5 nitrogen and oxygen atoms in total. The van der Waals surface area contributed by atoms with Gasteiger partial charge in [-0.15, -0.1) is 0 Å². The summed E-state index contributed by atoms with van der Waals surface area (Å²) in [5.41, 5.74) is 0.794. The minimum atomic E-state index is -0.604. The second-order valence-corrected chi connectivity index (χ2v) is 3.02. The summed E-state index contributed by atoms with van der Waals surface area (Å²) < 4.78 is 13.3. The summed E-state index contributed by atoms with van der Waals surface area (Å²) in [5.74, 6) is -0.753. The van der Waals surface area contributed by atoms with Crippen LogP contribution in [0.3, 0.4) is 0 Å². The molecule has 0 amide bonds. The molecule has 0 N–H and O–H groups in total. The molecule has 0 aliphatic carbocycles. The van der Waals surface area contributed by atoms with Crippen LogP contribution >= 0.6 is 0 Å². The van der Waals surface area contributed by atoms with Gasteiger partial charge in [0.05, 0.1) is 6.20 Å². The Labute approximate surface area is 89.7 Å². The lowest BCUT2D eigenvalue weighted by molar-refractivity contribution is -0.389. The zero-order chi connectivity index (χ0) is 11.5. The summed E-state index contributed by atoms with van der Waals surface area (Å²) in [7, 11) is 0. The molecule has 2 rings (SSSR count). The highest BCUT2D eigenvalue weighted by atomic mass is 19.1. The van der Waals surface area contributed by atoms with Gasteiger partial charge < -0.3 is 10.1 Å². The van der Waals surface area contributed by atoms with Crippen molar-refractivity contribution in [2.75, 3.05) is 0 Å². The summed E-state index contributed by atoms with van der Waals surface area (Å²) in [6.07, 6.45) is 3.78. The molecule has 0 fully saturated rings. The normalized spacial score (nSPS) is 10.1. The number of rotatable bonds is 2. The number of hydrogen-bond acceptors (Lipinski definition) is 4. The number of aromatic nitrogens is 2. The van der Waals surface area contributed by atoms with Crippen molar-refractivity contribution in [1.29, 1.82) is 0 Å². The van der Waals surface area contributed by atoms with Gasteiger partial charge in [-0.25, -0.2) is 4.39 Å². The maximum absolute atomic E-state index is 13.3. The quantitative estimate of drug-likeness (QED) is 0.573. The van der Waals surface area contributed by atoms with Crippen molar-refractivity contribution in [3.63, 3.8) is 0 Å². The molecule has 0 unspecified atom stereocenters. The Morgan fingerprint density at radius 3 is 2.62 bits per heavy atom. The lowest BCUT2D eigenvalue weighted by atomic mass is 10.1. The van der Waals surface area contributed by atoms with Crippen molar-refractivity contribution < 1.29 is 9.31 Å². The number of nitrogens with zero attached hydrogens (tertiary/aromatic N) is 3. The Hall–Kier alpha value is -2.37. The highest BCUT2D eigenvalue weighted by Gasteiger charge is 2.10. The Morgan fingerprint density at radius 1 is 1.25 bits per heavy atom. The minimum absolute atomic E-state index is 0.266. The van der Waals surface area contributed by atoms with Gasteiger partial charge >= 0.3 is 5.82 Å². The molecular weight excluding hydrogens is 213 g/mol. The highest BCUT2D eigenvalue weighted by Crippen LogP contribution is 2.22. The van der Waals surface area contributed by atoms with E-state index >= 15 is 0 Å². The van der Waals surface area contributed by atoms with Gasteiger partial charge in [-0.05, 0) is 22.0 Å². The summed E-state index contributed by atoms with van der Waals surface area (Å²) in [6, 6.07) is 4.16. The van der Waals surface area contributed by atoms with Crippen molar-refractivity contribution >= 4 is 5.82 Å². The number of nitro groups is 1. The van der Waals surface area contributed by atoms with Gasteiger partial charge in [-0.1, -0.05) is 0 Å². The summed E-state index contributed by atoms with van der Waals surface area (Å²) in [4.78, 5) is 17.0. The third-order valence-electron chi connectivity index (χ3n) is 2.02. The van der Waals surface area contributed by atoms with Gasteiger partial charge in [0.2, 0.25) is 0 Å². The van der Waals surface area contributed by atoms with Crippen LogP contribution in [0.5, 0.6) is 0 Å². The molecule has 0 aliphatic rings. The summed E-state index contributed by atoms with van der Waals surface area (Å²) in [6.45, 7) is 0. The Morgan fingerprint density at radius 2 is 2.06 bits per heavy atom. The lowest BCUT2D eigenvalue weighted by Crippen LogP contribution is -1.92. The van der Waals surface area contributed by atoms with Crippen LogP contribution in [-0.2, 0) is 0 Å². The van der Waals surface area contributed by atoms with E-state index in [2.05, 4.69) is 9.97 Å². The zero-order valence-electron chi connectivity index (χ0n) is 8.00. The fourth-order valence-corrected chi connectivity index (χ4v) is 1.26. The zero-order valence-corrected chi connectivity index (χ0v) is 8.00. The molecule has 0 aromatic carbocycles. The van der Waals surface area contributed by atoms with Gasteiger partial charge in [0.1, 0.15) is 12.0 Å². The highest BCUT2D eigenvalue weighted by molar-refractivity contribution is 5.62. The first-order valence-electron chi connectivity index (χ1n) is 4.39. The number of hydrogen-bond donors (Lipinski definition) is 0. The summed E-state index contributed by atoms with van der Waals surface area (Å²) in [5, 5.41) is 10.4. The molecule has 16 heavy (non-hydrogen) atoms. The average molecular weight is 219 g/mol. The molecule has 80 valence electrons. The molecule has 0 atom stereocenters. The van der Waals surface area contributed by atoms with E-state index in [0.29, 0.717) is 11.1 Å². The molecule has 2 aromatic rings. The van der Waals surface area contributed by atoms with Crippen LogP contribution in [-0.4, -0.2) is 14.9 Å². The molecule has 0 bridgehead atoms. The van der Waals surface area contributed by atoms with Gasteiger partial charge in [-0.2, -0.15) is 0 Å². The third kappa shape index (κ3) is 1.85. The second kappa shape index (κ2) is 4.01. The number of pyridine rings is 2. The van der Waals surface area contributed by atoms with E-state index in [1.807, 2.05) is 0 Å². The Bertz CT molecular complexity index is 528. The van der Waals surface area contributed by atoms with Gasteiger partial charge in [0.15, 0.2) is 0 Å². The van der Waals surface area contributed by atoms with Gasteiger partial charge in [0.25, 0.3) is 0 Å². The molecule has 6 heteroatoms. The molecular formula is C10H6FN3O2. The van der Waals surface area contributed by atoms with E-state index in [-0.39, 0.29) is 5.82 Å². The monoisotopic (exact) mass is 219 g/mol. The van der Waals surface area contributed by atoms with Crippen LogP contribution in [0.4, 0.5) is 10.2 Å². The topological polar surface area (TPSA) is 68.9 Å². The van der Waals surface area contributed by atoms with Crippen LogP contribution in [0.1, 0.15) is 0 Å². The van der Waals surface area contributed by atoms with Crippen LogP contribution in [0.2, 0.25) is 0 Å². The van der Waals surface area contributed by atoms with Crippen LogP contribution in [0, 0.1) is 15.9 Å². The largest absolute Gasteiger partial charge is 0.363 e. The third-order valence-corrected chi connectivity index (χ3v) is 2.02. The maximum Gasteiger partial charge on any atom is 0.363 e. The molecule has 0 aliphatic heterocycles. The minimum Gasteiger partial charge on any atom is -0.358 e. The lowest BCUT2D eigenvalue weighted by Gasteiger charge is -1.99. The van der Waals surface area contributed by atoms with Crippen molar-refractivity contribution in [3.8, 4) is 11.1 Å². The first kappa shape index (κ1) is 10.2. The SMILES string of the molecule is O=[N+]([O-])c1ccc(-c2ccncc2F)cn1. The predicted octanol–water partition coefficient (Wildman–Crippen LogP) is 2.19. The van der Waals surface area contributed by atoms with E-state index in [9.17, 15) is 14.5 Å². The van der Waals surface area contributed by atoms with Gasteiger partial charge in [-0.3, -0.25) is 4.98 Å². The van der Waals surface area contributed by atoms with Crippen LogP contribution < -0.4 is 0 Å². The predicted molar refractivity (Wildman–Crippen MR) is 54.1 cm³/mol. The Balaban J connectivity index is 2.43. The van der Waals surface area contributed by atoms with E-state index in [4.69, 9.17) is 0 Å². The Kier molecular flexibility index (Phi) is 2.55. The van der Waals surface area contributed by atoms with E-state index < -0.39 is 10.7 Å². The van der Waals surface area contributed by atoms with E-state index in [1.54, 1.807) is 0 Å². The van der Waals surface area contributed by atoms with Crippen LogP contribution in [0.15, 0.2) is 36.8 Å². The first-order valence-corrected chi connectivity index (χ1v) is 4.39. The number of halogens is 1. The first-order chi connectivity index (χ1) is 7.68. The molecule has 0 radical (unpaired) electrons. The maximum atomic E-state index is 13.3. The van der Waals surface area contributed by atoms with Crippen molar-refractivity contribution in [3.05, 3.63) is 52.7 Å². The standard InChI is InChI=1S/C10H6FN3O2/c11-9-6-12-4-3-8(9)7-1-2-10(13-5-7)14(15)16/h1-6H. The molecule has 0 spiro atoms. The van der Waals surface area contributed by atoms with Gasteiger partial charge in [0, 0.05) is 23.4 Å². The average Bonchev–Trinajstić information content (AvgIpc) is 2.30. The fourth-order valence-electron chi connectivity index (χ4n) is 1.26. The van der Waals surface area contributed by atoms with Crippen molar-refractivity contribution in [2.24, 2.45) is 0 Å². The molecule has 0 saturated carbocycles. The van der Waals surface area contributed by atoms with Crippen molar-refractivity contribution in [2.45, 2.75) is 0 Å².